The summed E-state index contributed by atoms with van der Waals surface area (Å²) in [7, 11) is 0. The fourth-order valence-corrected chi connectivity index (χ4v) is 2.67. The van der Waals surface area contributed by atoms with Crippen LogP contribution in [0.1, 0.15) is 12.1 Å². The van der Waals surface area contributed by atoms with Crippen LogP contribution in [0.15, 0.2) is 53.8 Å². The van der Waals surface area contributed by atoms with E-state index >= 15 is 0 Å². The van der Waals surface area contributed by atoms with Gasteiger partial charge in [-0.2, -0.15) is 0 Å². The second kappa shape index (κ2) is 6.95. The van der Waals surface area contributed by atoms with E-state index in [1.807, 2.05) is 18.2 Å². The zero-order valence-electron chi connectivity index (χ0n) is 12.9. The number of aryl methyl sites for hydroxylation is 1. The van der Waals surface area contributed by atoms with Crippen molar-refractivity contribution in [2.75, 3.05) is 11.9 Å². The molecule has 3 N–H and O–H groups in total. The van der Waals surface area contributed by atoms with Crippen molar-refractivity contribution in [3.63, 3.8) is 0 Å². The lowest BCUT2D eigenvalue weighted by Crippen LogP contribution is -2.04. The van der Waals surface area contributed by atoms with Gasteiger partial charge in [-0.15, -0.1) is 4.91 Å². The predicted octanol–water partition coefficient (Wildman–Crippen LogP) is 4.09. The molecule has 6 nitrogen and oxygen atoms in total. The van der Waals surface area contributed by atoms with Crippen LogP contribution in [0.25, 0.3) is 10.8 Å². The van der Waals surface area contributed by atoms with Crippen LogP contribution in [0.5, 0.6) is 11.5 Å². The maximum absolute atomic E-state index is 11.1. The van der Waals surface area contributed by atoms with Gasteiger partial charge in [-0.05, 0) is 30.2 Å². The largest absolute Gasteiger partial charge is 0.505 e. The lowest BCUT2D eigenvalue weighted by molar-refractivity contribution is 0.472. The van der Waals surface area contributed by atoms with Crippen LogP contribution < -0.4 is 5.32 Å². The fraction of sp³-hybridized carbons (Fsp3) is 0.167. The smallest absolute Gasteiger partial charge is 0.177 e. The molecule has 0 aliphatic carbocycles. The molecule has 24 heavy (non-hydrogen) atoms. The van der Waals surface area contributed by atoms with E-state index in [9.17, 15) is 15.1 Å². The van der Waals surface area contributed by atoms with Gasteiger partial charge in [-0.1, -0.05) is 30.3 Å². The molecule has 3 rings (SSSR count). The van der Waals surface area contributed by atoms with Crippen LogP contribution in [-0.2, 0) is 6.42 Å². The Labute approximate surface area is 138 Å². The summed E-state index contributed by atoms with van der Waals surface area (Å²) in [6.07, 6.45) is 3.25. The van der Waals surface area contributed by atoms with E-state index in [-0.39, 0.29) is 22.9 Å². The average Bonchev–Trinajstić information content (AvgIpc) is 2.63. The first-order valence-electron chi connectivity index (χ1n) is 7.66. The third-order valence-electron chi connectivity index (χ3n) is 3.86. The van der Waals surface area contributed by atoms with Gasteiger partial charge in [0.05, 0.1) is 0 Å². The minimum absolute atomic E-state index is 0.0872. The van der Waals surface area contributed by atoms with Gasteiger partial charge in [0, 0.05) is 29.2 Å². The highest BCUT2D eigenvalue weighted by molar-refractivity contribution is 6.03. The zero-order valence-corrected chi connectivity index (χ0v) is 12.9. The van der Waals surface area contributed by atoms with E-state index in [1.54, 1.807) is 30.5 Å². The van der Waals surface area contributed by atoms with Gasteiger partial charge in [-0.25, -0.2) is 0 Å². The van der Waals surface area contributed by atoms with E-state index < -0.39 is 0 Å². The molecule has 0 unspecified atom stereocenters. The molecule has 3 aromatic rings. The Morgan fingerprint density at radius 1 is 1.00 bits per heavy atom. The third-order valence-corrected chi connectivity index (χ3v) is 3.86. The van der Waals surface area contributed by atoms with Crippen molar-refractivity contribution in [3.8, 4) is 11.5 Å². The highest BCUT2D eigenvalue weighted by atomic mass is 16.3. The second-order valence-electron chi connectivity index (χ2n) is 5.41. The molecular formula is C18H17N3O3. The molecule has 1 heterocycles. The Bertz CT molecular complexity index is 866. The first-order valence-corrected chi connectivity index (χ1v) is 7.66. The Kier molecular flexibility index (Phi) is 4.56. The lowest BCUT2D eigenvalue weighted by Gasteiger charge is -2.14. The van der Waals surface area contributed by atoms with Gasteiger partial charge in [0.2, 0.25) is 0 Å². The van der Waals surface area contributed by atoms with E-state index in [1.165, 1.54) is 0 Å². The molecular weight excluding hydrogens is 306 g/mol. The molecule has 0 amide bonds. The first kappa shape index (κ1) is 15.7. The van der Waals surface area contributed by atoms with Gasteiger partial charge in [0.1, 0.15) is 11.4 Å². The average molecular weight is 323 g/mol. The highest BCUT2D eigenvalue weighted by Crippen LogP contribution is 2.48. The van der Waals surface area contributed by atoms with Crippen LogP contribution in [0.4, 0.5) is 11.4 Å². The summed E-state index contributed by atoms with van der Waals surface area (Å²) >= 11 is 0. The van der Waals surface area contributed by atoms with Gasteiger partial charge < -0.3 is 15.5 Å². The summed E-state index contributed by atoms with van der Waals surface area (Å²) in [5, 5.41) is 27.4. The number of phenols is 2. The van der Waals surface area contributed by atoms with Crippen LogP contribution in [0.2, 0.25) is 0 Å². The highest BCUT2D eigenvalue weighted by Gasteiger charge is 2.19. The van der Waals surface area contributed by atoms with E-state index in [4.69, 9.17) is 0 Å². The van der Waals surface area contributed by atoms with E-state index in [2.05, 4.69) is 15.5 Å². The molecule has 6 heteroatoms. The van der Waals surface area contributed by atoms with Crippen molar-refractivity contribution in [3.05, 3.63) is 59.3 Å². The number of nitrogens with one attached hydrogen (secondary N) is 1. The van der Waals surface area contributed by atoms with Crippen LogP contribution in [0, 0.1) is 4.91 Å². The Balaban J connectivity index is 1.81. The van der Waals surface area contributed by atoms with Gasteiger partial charge in [-0.3, -0.25) is 4.98 Å². The third kappa shape index (κ3) is 2.99. The molecule has 0 aliphatic rings. The number of nitroso groups, excluding NO2 is 1. The van der Waals surface area contributed by atoms with Gasteiger partial charge in [0.15, 0.2) is 11.4 Å². The SMILES string of the molecule is O=Nc1c(NCCCc2ccccn2)c(O)c2ccccc2c1O. The number of benzene rings is 2. The monoisotopic (exact) mass is 323 g/mol. The molecule has 2 aromatic carbocycles. The summed E-state index contributed by atoms with van der Waals surface area (Å²) < 4.78 is 0. The van der Waals surface area contributed by atoms with Crippen molar-refractivity contribution >= 4 is 22.1 Å². The molecule has 0 saturated heterocycles. The van der Waals surface area contributed by atoms with Crippen LogP contribution in [0.3, 0.4) is 0 Å². The Morgan fingerprint density at radius 3 is 2.38 bits per heavy atom. The fourth-order valence-electron chi connectivity index (χ4n) is 2.67. The summed E-state index contributed by atoms with van der Waals surface area (Å²) in [6, 6.07) is 12.5. The minimum Gasteiger partial charge on any atom is -0.505 e. The molecule has 0 atom stereocenters. The molecule has 1 aromatic heterocycles. The molecule has 0 fully saturated rings. The number of hydrogen-bond acceptors (Lipinski definition) is 6. The predicted molar refractivity (Wildman–Crippen MR) is 93.8 cm³/mol. The van der Waals surface area contributed by atoms with Crippen LogP contribution in [-0.4, -0.2) is 21.7 Å². The van der Waals surface area contributed by atoms with Crippen molar-refractivity contribution < 1.29 is 10.2 Å². The standard InChI is InChI=1S/C18H17N3O3/c22-17-13-8-1-2-9-14(13)18(23)16(21-24)15(17)20-11-5-7-12-6-3-4-10-19-12/h1-4,6,8-10,20,22-23H,5,7,11H2. The molecule has 0 spiro atoms. The molecule has 0 bridgehead atoms. The number of pyridine rings is 1. The summed E-state index contributed by atoms with van der Waals surface area (Å²) in [5.74, 6) is -0.318. The molecule has 0 aliphatic heterocycles. The van der Waals surface area contributed by atoms with E-state index in [0.29, 0.717) is 17.3 Å². The van der Waals surface area contributed by atoms with Gasteiger partial charge in [0.25, 0.3) is 0 Å². The number of phenolic OH excluding ortho intramolecular Hbond substituents is 2. The molecule has 0 saturated carbocycles. The number of nitrogens with zero attached hydrogens (tertiary/aromatic N) is 2. The lowest BCUT2D eigenvalue weighted by atomic mass is 10.1. The molecule has 0 radical (unpaired) electrons. The van der Waals surface area contributed by atoms with Crippen molar-refractivity contribution in [2.24, 2.45) is 5.18 Å². The number of aromatic hydroxyl groups is 2. The topological polar surface area (TPSA) is 94.8 Å². The zero-order chi connectivity index (χ0) is 16.9. The summed E-state index contributed by atoms with van der Waals surface area (Å²) in [4.78, 5) is 15.4. The van der Waals surface area contributed by atoms with Crippen molar-refractivity contribution in [2.45, 2.75) is 12.8 Å². The second-order valence-corrected chi connectivity index (χ2v) is 5.41. The van der Waals surface area contributed by atoms with Crippen molar-refractivity contribution in [1.29, 1.82) is 0 Å². The van der Waals surface area contributed by atoms with Crippen LogP contribution >= 0.6 is 0 Å². The maximum Gasteiger partial charge on any atom is 0.177 e. The minimum atomic E-state index is -0.231. The maximum atomic E-state index is 11.1. The van der Waals surface area contributed by atoms with Crippen molar-refractivity contribution in [1.82, 2.24) is 4.98 Å². The number of fused-ring (bicyclic) bond motifs is 1. The summed E-state index contributed by atoms with van der Waals surface area (Å²) in [6.45, 7) is 0.504. The summed E-state index contributed by atoms with van der Waals surface area (Å²) in [5.41, 5.74) is 0.949. The number of rotatable bonds is 6. The number of anilines is 1. The Hall–Kier alpha value is -3.15. The first-order chi connectivity index (χ1) is 11.7. The molecule has 122 valence electrons. The number of aromatic nitrogens is 1. The van der Waals surface area contributed by atoms with Gasteiger partial charge >= 0.3 is 0 Å². The quantitative estimate of drug-likeness (QED) is 0.275. The normalized spacial score (nSPS) is 10.7. The van der Waals surface area contributed by atoms with E-state index in [0.717, 1.165) is 18.5 Å². The Morgan fingerprint density at radius 2 is 1.71 bits per heavy atom. The number of hydrogen-bond donors (Lipinski definition) is 3.